The van der Waals surface area contributed by atoms with Gasteiger partial charge in [-0.05, 0) is 48.5 Å². The summed E-state index contributed by atoms with van der Waals surface area (Å²) in [5, 5.41) is 7.20. The van der Waals surface area contributed by atoms with Crippen LogP contribution in [0, 0.1) is 0 Å². The average molecular weight is 670 g/mol. The monoisotopic (exact) mass is 669 g/mol. The zero-order chi connectivity index (χ0) is 33.5. The van der Waals surface area contributed by atoms with E-state index < -0.39 is 0 Å². The lowest BCUT2D eigenvalue weighted by Gasteiger charge is -2.10. The number of hydrogen-bond donors (Lipinski definition) is 0. The number of para-hydroxylation sites is 2. The molecule has 51 heavy (non-hydrogen) atoms. The molecular formula is C46H27N3OS. The maximum Gasteiger partial charge on any atom is 0.161 e. The maximum absolute atomic E-state index is 6.19. The Hall–Kier alpha value is -6.56. The molecule has 0 N–H and O–H groups in total. The van der Waals surface area contributed by atoms with Crippen molar-refractivity contribution >= 4 is 75.3 Å². The van der Waals surface area contributed by atoms with E-state index in [1.165, 1.54) is 42.0 Å². The van der Waals surface area contributed by atoms with E-state index in [0.717, 1.165) is 61.5 Å². The van der Waals surface area contributed by atoms with Crippen LogP contribution in [-0.2, 0) is 0 Å². The zero-order valence-corrected chi connectivity index (χ0v) is 28.1. The molecule has 4 heterocycles. The van der Waals surface area contributed by atoms with E-state index in [1.54, 1.807) is 0 Å². The molecular weight excluding hydrogens is 643 g/mol. The van der Waals surface area contributed by atoms with Crippen LogP contribution < -0.4 is 0 Å². The maximum atomic E-state index is 6.19. The first-order valence-corrected chi connectivity index (χ1v) is 17.9. The molecule has 238 valence electrons. The van der Waals surface area contributed by atoms with Crippen molar-refractivity contribution < 1.29 is 4.42 Å². The van der Waals surface area contributed by atoms with E-state index in [2.05, 4.69) is 144 Å². The fourth-order valence-electron chi connectivity index (χ4n) is 7.70. The number of nitrogens with zero attached hydrogens (tertiary/aromatic N) is 3. The molecule has 0 bridgehead atoms. The number of benzene rings is 7. The van der Waals surface area contributed by atoms with Crippen LogP contribution in [0.4, 0.5) is 0 Å². The van der Waals surface area contributed by atoms with Gasteiger partial charge in [0.2, 0.25) is 0 Å². The van der Waals surface area contributed by atoms with Gasteiger partial charge in [0.1, 0.15) is 11.2 Å². The van der Waals surface area contributed by atoms with Crippen LogP contribution in [0.25, 0.3) is 104 Å². The number of hydrogen-bond acceptors (Lipinski definition) is 4. The van der Waals surface area contributed by atoms with Crippen molar-refractivity contribution in [2.45, 2.75) is 0 Å². The summed E-state index contributed by atoms with van der Waals surface area (Å²) in [6.45, 7) is 0. The van der Waals surface area contributed by atoms with Crippen molar-refractivity contribution in [3.63, 3.8) is 0 Å². The molecule has 0 aliphatic rings. The fraction of sp³-hybridized carbons (Fsp3) is 0. The van der Waals surface area contributed by atoms with E-state index in [4.69, 9.17) is 14.4 Å². The molecule has 0 spiro atoms. The van der Waals surface area contributed by atoms with Crippen molar-refractivity contribution in [3.05, 3.63) is 164 Å². The predicted octanol–water partition coefficient (Wildman–Crippen LogP) is 12.8. The van der Waals surface area contributed by atoms with Crippen LogP contribution in [-0.4, -0.2) is 14.5 Å². The van der Waals surface area contributed by atoms with Crippen molar-refractivity contribution in [2.24, 2.45) is 0 Å². The Morgan fingerprint density at radius 1 is 0.451 bits per heavy atom. The molecule has 0 aliphatic carbocycles. The molecule has 0 radical (unpaired) electrons. The minimum Gasteiger partial charge on any atom is -0.456 e. The highest BCUT2D eigenvalue weighted by Crippen LogP contribution is 2.46. The summed E-state index contributed by atoms with van der Waals surface area (Å²) in [6, 6.07) is 57.5. The Morgan fingerprint density at radius 2 is 1.10 bits per heavy atom. The summed E-state index contributed by atoms with van der Waals surface area (Å²) in [4.78, 5) is 10.4. The molecule has 11 aromatic rings. The van der Waals surface area contributed by atoms with Gasteiger partial charge in [-0.25, -0.2) is 9.97 Å². The summed E-state index contributed by atoms with van der Waals surface area (Å²) in [5.74, 6) is 0.728. The standard InChI is InChI=1S/C46H27N3OS/c1-3-12-28(13-4-1)37-27-38(29-14-5-2-6-15-29)48-46(47-37)35-19-11-18-32-33-23-24-40-43(45(33)51-44(32)35)34-17-7-9-20-39(34)49(40)30-22-25-42-36(26-30)31-16-8-10-21-41(31)50-42/h1-27H. The van der Waals surface area contributed by atoms with Gasteiger partial charge in [0.15, 0.2) is 5.82 Å². The van der Waals surface area contributed by atoms with Crippen LogP contribution in [0.3, 0.4) is 0 Å². The number of thiophene rings is 1. The molecule has 5 heteroatoms. The summed E-state index contributed by atoms with van der Waals surface area (Å²) < 4.78 is 11.0. The smallest absolute Gasteiger partial charge is 0.161 e. The lowest BCUT2D eigenvalue weighted by molar-refractivity contribution is 0.669. The van der Waals surface area contributed by atoms with Gasteiger partial charge in [-0.3, -0.25) is 0 Å². The van der Waals surface area contributed by atoms with E-state index >= 15 is 0 Å². The molecule has 0 unspecified atom stereocenters. The topological polar surface area (TPSA) is 43.9 Å². The fourth-order valence-corrected chi connectivity index (χ4v) is 9.06. The van der Waals surface area contributed by atoms with Gasteiger partial charge in [0.05, 0.1) is 22.4 Å². The minimum absolute atomic E-state index is 0.728. The minimum atomic E-state index is 0.728. The summed E-state index contributed by atoms with van der Waals surface area (Å²) in [7, 11) is 0. The second-order valence-corrected chi connectivity index (χ2v) is 14.0. The molecule has 0 atom stereocenters. The van der Waals surface area contributed by atoms with E-state index in [9.17, 15) is 0 Å². The summed E-state index contributed by atoms with van der Waals surface area (Å²) >= 11 is 1.84. The highest BCUT2D eigenvalue weighted by molar-refractivity contribution is 7.27. The number of furan rings is 1. The van der Waals surface area contributed by atoms with Crippen molar-refractivity contribution in [1.29, 1.82) is 0 Å². The Kier molecular flexibility index (Phi) is 6.09. The molecule has 0 saturated heterocycles. The summed E-state index contributed by atoms with van der Waals surface area (Å²) in [5.41, 5.74) is 10.3. The Balaban J connectivity index is 1.17. The second-order valence-electron chi connectivity index (χ2n) is 12.9. The average Bonchev–Trinajstić information content (AvgIpc) is 3.87. The first-order chi connectivity index (χ1) is 25.3. The van der Waals surface area contributed by atoms with Gasteiger partial charge < -0.3 is 8.98 Å². The predicted molar refractivity (Wildman–Crippen MR) is 213 cm³/mol. The highest BCUT2D eigenvalue weighted by Gasteiger charge is 2.21. The molecule has 0 fully saturated rings. The third kappa shape index (κ3) is 4.32. The number of fused-ring (bicyclic) bond motifs is 10. The van der Waals surface area contributed by atoms with Gasteiger partial charge >= 0.3 is 0 Å². The molecule has 0 aliphatic heterocycles. The Morgan fingerprint density at radius 3 is 1.88 bits per heavy atom. The van der Waals surface area contributed by atoms with Crippen molar-refractivity contribution in [1.82, 2.24) is 14.5 Å². The summed E-state index contributed by atoms with van der Waals surface area (Å²) in [6.07, 6.45) is 0. The van der Waals surface area contributed by atoms with Gasteiger partial charge in [0.25, 0.3) is 0 Å². The van der Waals surface area contributed by atoms with Crippen LogP contribution in [0.15, 0.2) is 168 Å². The molecule has 11 rings (SSSR count). The van der Waals surface area contributed by atoms with Crippen LogP contribution in [0.5, 0.6) is 0 Å². The second kappa shape index (κ2) is 11.0. The molecule has 4 aromatic heterocycles. The Labute approximate surface area is 296 Å². The SMILES string of the molecule is c1ccc(-c2cc(-c3ccccc3)nc(-c3cccc4c3sc3c4ccc4c3c3ccccc3n4-c3ccc4oc5ccccc5c4c3)n2)cc1. The van der Waals surface area contributed by atoms with E-state index in [0.29, 0.717) is 0 Å². The van der Waals surface area contributed by atoms with E-state index in [-0.39, 0.29) is 0 Å². The molecule has 0 saturated carbocycles. The van der Waals surface area contributed by atoms with Crippen LogP contribution >= 0.6 is 11.3 Å². The lowest BCUT2D eigenvalue weighted by Crippen LogP contribution is -1.96. The quantitative estimate of drug-likeness (QED) is 0.187. The van der Waals surface area contributed by atoms with Crippen molar-refractivity contribution in [3.8, 4) is 39.6 Å². The first-order valence-electron chi connectivity index (χ1n) is 17.1. The highest BCUT2D eigenvalue weighted by atomic mass is 32.1. The van der Waals surface area contributed by atoms with Crippen LogP contribution in [0.2, 0.25) is 0 Å². The van der Waals surface area contributed by atoms with Crippen molar-refractivity contribution in [2.75, 3.05) is 0 Å². The van der Waals surface area contributed by atoms with Crippen LogP contribution in [0.1, 0.15) is 0 Å². The molecule has 0 amide bonds. The third-order valence-electron chi connectivity index (χ3n) is 10.0. The molecule has 7 aromatic carbocycles. The normalized spacial score (nSPS) is 11.9. The number of rotatable bonds is 4. The van der Waals surface area contributed by atoms with Gasteiger partial charge in [-0.15, -0.1) is 11.3 Å². The van der Waals surface area contributed by atoms with Gasteiger partial charge in [-0.2, -0.15) is 0 Å². The largest absolute Gasteiger partial charge is 0.456 e. The zero-order valence-electron chi connectivity index (χ0n) is 27.2. The Bertz CT molecular complexity index is 3080. The third-order valence-corrected chi connectivity index (χ3v) is 11.3. The van der Waals surface area contributed by atoms with E-state index in [1.807, 2.05) is 35.6 Å². The molecule has 4 nitrogen and oxygen atoms in total. The number of aromatic nitrogens is 3. The first kappa shape index (κ1) is 28.3. The van der Waals surface area contributed by atoms with Gasteiger partial charge in [0, 0.05) is 64.1 Å². The lowest BCUT2D eigenvalue weighted by atomic mass is 10.0. The van der Waals surface area contributed by atoms with Gasteiger partial charge in [-0.1, -0.05) is 115 Å².